The van der Waals surface area contributed by atoms with Crippen LogP contribution in [0.1, 0.15) is 38.5 Å². The minimum atomic E-state index is -3.02. The van der Waals surface area contributed by atoms with Gasteiger partial charge in [0.25, 0.3) is 0 Å². The fraction of sp³-hybridized carbons (Fsp3) is 1.00. The summed E-state index contributed by atoms with van der Waals surface area (Å²) < 4.78 is 23.1. The smallest absolute Gasteiger partial charge is 0.150 e. The van der Waals surface area contributed by atoms with Gasteiger partial charge in [-0.15, -0.1) is 0 Å². The van der Waals surface area contributed by atoms with E-state index in [2.05, 4.69) is 0 Å². The Balaban J connectivity index is 1.96. The molecule has 5 heteroatoms. The summed E-state index contributed by atoms with van der Waals surface area (Å²) in [6.07, 6.45) is 4.70. The van der Waals surface area contributed by atoms with Crippen LogP contribution in [0.15, 0.2) is 0 Å². The molecule has 0 bridgehead atoms. The van der Waals surface area contributed by atoms with Gasteiger partial charge in [0, 0.05) is 6.26 Å². The zero-order valence-corrected chi connectivity index (χ0v) is 11.1. The highest BCUT2D eigenvalue weighted by molar-refractivity contribution is 7.91. The first-order valence-corrected chi connectivity index (χ1v) is 8.40. The van der Waals surface area contributed by atoms with E-state index >= 15 is 0 Å². The summed E-state index contributed by atoms with van der Waals surface area (Å²) in [6.45, 7) is 0. The summed E-state index contributed by atoms with van der Waals surface area (Å²) in [5.74, 6) is 0.183. The summed E-state index contributed by atoms with van der Waals surface area (Å²) >= 11 is 0. The maximum atomic E-state index is 11.5. The lowest BCUT2D eigenvalue weighted by atomic mass is 9.82. The van der Waals surface area contributed by atoms with E-state index in [0.717, 1.165) is 25.7 Å². The molecule has 2 N–H and O–H groups in total. The Morgan fingerprint density at radius 3 is 2.12 bits per heavy atom. The standard InChI is InChI=1S/C12H22O4S/c1-17(15,16)10-4-2-3-9(7-10)12(14)11(13)8-5-6-8/h8-14H,2-7H2,1H3. The van der Waals surface area contributed by atoms with E-state index in [1.807, 2.05) is 0 Å². The number of sulfone groups is 1. The summed E-state index contributed by atoms with van der Waals surface area (Å²) in [4.78, 5) is 0. The van der Waals surface area contributed by atoms with Crippen LogP contribution in [0.25, 0.3) is 0 Å². The third-order valence-corrected chi connectivity index (χ3v) is 5.85. The summed E-state index contributed by atoms with van der Waals surface area (Å²) in [5.41, 5.74) is 0. The van der Waals surface area contributed by atoms with E-state index in [1.165, 1.54) is 6.26 Å². The van der Waals surface area contributed by atoms with Crippen molar-refractivity contribution < 1.29 is 18.6 Å². The highest BCUT2D eigenvalue weighted by Gasteiger charge is 2.40. The summed E-state index contributed by atoms with van der Waals surface area (Å²) in [5, 5.41) is 19.7. The van der Waals surface area contributed by atoms with Crippen LogP contribution in [-0.4, -0.2) is 42.3 Å². The van der Waals surface area contributed by atoms with E-state index in [-0.39, 0.29) is 17.1 Å². The lowest BCUT2D eigenvalue weighted by Gasteiger charge is -2.33. The highest BCUT2D eigenvalue weighted by Crippen LogP contribution is 2.39. The Morgan fingerprint density at radius 1 is 1.00 bits per heavy atom. The third kappa shape index (κ3) is 3.20. The van der Waals surface area contributed by atoms with E-state index in [1.54, 1.807) is 0 Å². The molecule has 0 saturated heterocycles. The molecule has 0 aromatic heterocycles. The van der Waals surface area contributed by atoms with Crippen LogP contribution in [0.4, 0.5) is 0 Å². The van der Waals surface area contributed by atoms with E-state index in [9.17, 15) is 18.6 Å². The molecule has 0 amide bonds. The van der Waals surface area contributed by atoms with Crippen LogP contribution in [0.3, 0.4) is 0 Å². The Kier molecular flexibility index (Phi) is 3.80. The first-order chi connectivity index (χ1) is 7.89. The van der Waals surface area contributed by atoms with Gasteiger partial charge in [-0.05, 0) is 43.9 Å². The van der Waals surface area contributed by atoms with Gasteiger partial charge < -0.3 is 10.2 Å². The minimum absolute atomic E-state index is 0.0564. The molecular formula is C12H22O4S. The molecule has 2 rings (SSSR count). The second-order valence-corrected chi connectivity index (χ2v) is 8.02. The number of aliphatic hydroxyl groups excluding tert-OH is 2. The molecule has 0 radical (unpaired) electrons. The van der Waals surface area contributed by atoms with Crippen molar-refractivity contribution in [1.29, 1.82) is 0 Å². The predicted octanol–water partition coefficient (Wildman–Crippen LogP) is 0.722. The fourth-order valence-electron chi connectivity index (χ4n) is 2.88. The molecule has 100 valence electrons. The van der Waals surface area contributed by atoms with Gasteiger partial charge in [0.15, 0.2) is 0 Å². The molecule has 0 spiro atoms. The van der Waals surface area contributed by atoms with Crippen molar-refractivity contribution >= 4 is 9.84 Å². The van der Waals surface area contributed by atoms with Gasteiger partial charge in [0.05, 0.1) is 17.5 Å². The third-order valence-electron chi connectivity index (χ3n) is 4.21. The minimum Gasteiger partial charge on any atom is -0.390 e. The van der Waals surface area contributed by atoms with Crippen molar-refractivity contribution in [2.75, 3.05) is 6.26 Å². The molecule has 2 saturated carbocycles. The first kappa shape index (κ1) is 13.3. The molecule has 0 aliphatic heterocycles. The van der Waals surface area contributed by atoms with Crippen molar-refractivity contribution in [2.24, 2.45) is 11.8 Å². The highest BCUT2D eigenvalue weighted by atomic mass is 32.2. The second-order valence-electron chi connectivity index (χ2n) is 5.70. The first-order valence-electron chi connectivity index (χ1n) is 6.44. The van der Waals surface area contributed by atoms with Crippen LogP contribution in [0.5, 0.6) is 0 Å². The fourth-order valence-corrected chi connectivity index (χ4v) is 4.07. The zero-order valence-electron chi connectivity index (χ0n) is 10.2. The average Bonchev–Trinajstić information content (AvgIpc) is 3.10. The molecule has 0 aromatic rings. The number of aliphatic hydroxyl groups is 2. The monoisotopic (exact) mass is 262 g/mol. The van der Waals surface area contributed by atoms with Crippen LogP contribution < -0.4 is 0 Å². The van der Waals surface area contributed by atoms with Gasteiger partial charge in [-0.25, -0.2) is 8.42 Å². The SMILES string of the molecule is CS(=O)(=O)C1CCCC(C(O)C(O)C2CC2)C1. The van der Waals surface area contributed by atoms with Gasteiger partial charge in [-0.2, -0.15) is 0 Å². The Hall–Kier alpha value is -0.130. The maximum Gasteiger partial charge on any atom is 0.150 e. The van der Waals surface area contributed by atoms with Crippen LogP contribution in [-0.2, 0) is 9.84 Å². The molecule has 4 nitrogen and oxygen atoms in total. The van der Waals surface area contributed by atoms with Crippen molar-refractivity contribution in [1.82, 2.24) is 0 Å². The molecular weight excluding hydrogens is 240 g/mol. The number of rotatable bonds is 4. The van der Waals surface area contributed by atoms with Crippen molar-refractivity contribution in [2.45, 2.75) is 56.0 Å². The lowest BCUT2D eigenvalue weighted by Crippen LogP contribution is -2.40. The van der Waals surface area contributed by atoms with Gasteiger partial charge in [-0.1, -0.05) is 6.42 Å². The zero-order chi connectivity index (χ0) is 12.6. The molecule has 2 aliphatic carbocycles. The van der Waals surface area contributed by atoms with E-state index < -0.39 is 22.0 Å². The molecule has 0 aromatic carbocycles. The van der Waals surface area contributed by atoms with Crippen LogP contribution in [0, 0.1) is 11.8 Å². The Labute approximate surface area is 103 Å². The van der Waals surface area contributed by atoms with Gasteiger partial charge >= 0.3 is 0 Å². The molecule has 2 fully saturated rings. The summed E-state index contributed by atoms with van der Waals surface area (Å²) in [6, 6.07) is 0. The molecule has 4 atom stereocenters. The van der Waals surface area contributed by atoms with E-state index in [4.69, 9.17) is 0 Å². The Morgan fingerprint density at radius 2 is 1.59 bits per heavy atom. The second kappa shape index (κ2) is 4.86. The predicted molar refractivity (Wildman–Crippen MR) is 65.3 cm³/mol. The van der Waals surface area contributed by atoms with Gasteiger partial charge in [-0.3, -0.25) is 0 Å². The largest absolute Gasteiger partial charge is 0.390 e. The summed E-state index contributed by atoms with van der Waals surface area (Å²) in [7, 11) is -3.02. The Bertz CT molecular complexity index is 361. The average molecular weight is 262 g/mol. The van der Waals surface area contributed by atoms with Crippen LogP contribution in [0.2, 0.25) is 0 Å². The van der Waals surface area contributed by atoms with Crippen molar-refractivity contribution in [3.05, 3.63) is 0 Å². The lowest BCUT2D eigenvalue weighted by molar-refractivity contribution is -0.0369. The van der Waals surface area contributed by atoms with Gasteiger partial charge in [0.1, 0.15) is 9.84 Å². The van der Waals surface area contributed by atoms with Crippen molar-refractivity contribution in [3.63, 3.8) is 0 Å². The van der Waals surface area contributed by atoms with Crippen LogP contribution >= 0.6 is 0 Å². The van der Waals surface area contributed by atoms with Crippen molar-refractivity contribution in [3.8, 4) is 0 Å². The molecule has 0 heterocycles. The number of hydrogen-bond acceptors (Lipinski definition) is 4. The number of hydrogen-bond donors (Lipinski definition) is 2. The maximum absolute atomic E-state index is 11.5. The molecule has 4 unspecified atom stereocenters. The normalized spacial score (nSPS) is 34.3. The van der Waals surface area contributed by atoms with E-state index in [0.29, 0.717) is 12.8 Å². The topological polar surface area (TPSA) is 74.6 Å². The quantitative estimate of drug-likeness (QED) is 0.783. The van der Waals surface area contributed by atoms with Gasteiger partial charge in [0.2, 0.25) is 0 Å². The molecule has 2 aliphatic rings. The molecule has 17 heavy (non-hydrogen) atoms.